The van der Waals surface area contributed by atoms with Crippen molar-refractivity contribution in [3.63, 3.8) is 0 Å². The maximum Gasteiger partial charge on any atom is 0.240 e. The Balaban J connectivity index is 1.67. The number of anilines is 1. The van der Waals surface area contributed by atoms with Crippen LogP contribution in [0.2, 0.25) is 5.02 Å². The molecule has 0 saturated carbocycles. The molecule has 0 fully saturated rings. The molecule has 4 heteroatoms. The smallest absolute Gasteiger partial charge is 0.240 e. The molecular formula is C20H23ClN2O. The first-order valence-electron chi connectivity index (χ1n) is 8.43. The van der Waals surface area contributed by atoms with Gasteiger partial charge in [-0.1, -0.05) is 55.8 Å². The Morgan fingerprint density at radius 1 is 1.17 bits per heavy atom. The number of carbonyl (C=O) groups excluding carboxylic acids is 1. The molecule has 3 rings (SSSR count). The van der Waals surface area contributed by atoms with Gasteiger partial charge in [-0.15, -0.1) is 0 Å². The Morgan fingerprint density at radius 2 is 1.88 bits per heavy atom. The number of halogens is 1. The van der Waals surface area contributed by atoms with Crippen LogP contribution in [0.5, 0.6) is 0 Å². The van der Waals surface area contributed by atoms with E-state index in [0.29, 0.717) is 12.5 Å². The van der Waals surface area contributed by atoms with Crippen molar-refractivity contribution in [2.75, 3.05) is 18.0 Å². The second-order valence-electron chi connectivity index (χ2n) is 6.58. The van der Waals surface area contributed by atoms with Crippen LogP contribution in [-0.2, 0) is 11.2 Å². The fourth-order valence-electron chi connectivity index (χ4n) is 3.30. The molecule has 1 unspecified atom stereocenters. The summed E-state index contributed by atoms with van der Waals surface area (Å²) in [7, 11) is 0. The van der Waals surface area contributed by atoms with Crippen LogP contribution in [0.3, 0.4) is 0 Å². The van der Waals surface area contributed by atoms with Gasteiger partial charge in [-0.05, 0) is 41.7 Å². The number of fused-ring (bicyclic) bond motifs is 1. The molecule has 3 nitrogen and oxygen atoms in total. The first-order valence-corrected chi connectivity index (χ1v) is 8.81. The topological polar surface area (TPSA) is 32.3 Å². The highest BCUT2D eigenvalue weighted by Gasteiger charge is 2.25. The molecule has 1 N–H and O–H groups in total. The maximum atomic E-state index is 12.7. The summed E-state index contributed by atoms with van der Waals surface area (Å²) in [5.74, 6) is 0.504. The number of hydrogen-bond acceptors (Lipinski definition) is 2. The van der Waals surface area contributed by atoms with Crippen LogP contribution in [0.25, 0.3) is 0 Å². The van der Waals surface area contributed by atoms with Crippen molar-refractivity contribution in [3.8, 4) is 0 Å². The van der Waals surface area contributed by atoms with Gasteiger partial charge in [0, 0.05) is 23.3 Å². The van der Waals surface area contributed by atoms with Crippen LogP contribution in [0.15, 0.2) is 48.5 Å². The molecule has 1 heterocycles. The fraction of sp³-hybridized carbons (Fsp3) is 0.350. The van der Waals surface area contributed by atoms with Crippen molar-refractivity contribution in [1.29, 1.82) is 0 Å². The molecule has 2 aromatic rings. The molecule has 1 aliphatic rings. The Morgan fingerprint density at radius 3 is 2.58 bits per heavy atom. The van der Waals surface area contributed by atoms with Crippen molar-refractivity contribution in [2.45, 2.75) is 26.3 Å². The Bertz CT molecular complexity index is 712. The lowest BCUT2D eigenvalue weighted by Gasteiger charge is -2.25. The minimum Gasteiger partial charge on any atom is -0.311 e. The van der Waals surface area contributed by atoms with Crippen LogP contribution >= 0.6 is 11.6 Å². The zero-order chi connectivity index (χ0) is 17.1. The van der Waals surface area contributed by atoms with Crippen LogP contribution in [-0.4, -0.2) is 19.0 Å². The molecule has 0 aliphatic carbocycles. The predicted molar refractivity (Wildman–Crippen MR) is 99.5 cm³/mol. The van der Waals surface area contributed by atoms with Crippen molar-refractivity contribution in [1.82, 2.24) is 5.32 Å². The summed E-state index contributed by atoms with van der Waals surface area (Å²) in [6, 6.07) is 16.1. The number of rotatable bonds is 5. The van der Waals surface area contributed by atoms with Gasteiger partial charge in [0.25, 0.3) is 0 Å². The third-order valence-corrected chi connectivity index (χ3v) is 4.81. The molecule has 0 bridgehead atoms. The van der Waals surface area contributed by atoms with E-state index < -0.39 is 0 Å². The first kappa shape index (κ1) is 17.0. The normalized spacial score (nSPS) is 14.8. The van der Waals surface area contributed by atoms with Crippen molar-refractivity contribution < 1.29 is 4.79 Å². The van der Waals surface area contributed by atoms with Gasteiger partial charge in [0.05, 0.1) is 6.54 Å². The Hall–Kier alpha value is -1.84. The average Bonchev–Trinajstić information content (AvgIpc) is 3.00. The molecular weight excluding hydrogens is 320 g/mol. The lowest BCUT2D eigenvalue weighted by molar-refractivity contribution is -0.117. The second kappa shape index (κ2) is 7.37. The zero-order valence-corrected chi connectivity index (χ0v) is 14.9. The molecule has 1 amide bonds. The van der Waals surface area contributed by atoms with E-state index >= 15 is 0 Å². The highest BCUT2D eigenvalue weighted by molar-refractivity contribution is 6.30. The second-order valence-corrected chi connectivity index (χ2v) is 7.01. The molecule has 0 spiro atoms. The van der Waals surface area contributed by atoms with Gasteiger partial charge in [-0.2, -0.15) is 0 Å². The molecule has 24 heavy (non-hydrogen) atoms. The SMILES string of the molecule is CC(C)C(NCC(=O)N1CCc2ccccc21)c1ccc(Cl)cc1. The van der Waals surface area contributed by atoms with Crippen LogP contribution < -0.4 is 10.2 Å². The Labute approximate surface area is 148 Å². The monoisotopic (exact) mass is 342 g/mol. The van der Waals surface area contributed by atoms with Gasteiger partial charge in [0.2, 0.25) is 5.91 Å². The summed E-state index contributed by atoms with van der Waals surface area (Å²) in [4.78, 5) is 14.6. The third-order valence-electron chi connectivity index (χ3n) is 4.56. The van der Waals surface area contributed by atoms with Gasteiger partial charge >= 0.3 is 0 Å². The summed E-state index contributed by atoms with van der Waals surface area (Å²) >= 11 is 5.98. The number of benzene rings is 2. The minimum absolute atomic E-state index is 0.125. The van der Waals surface area contributed by atoms with Crippen LogP contribution in [0.1, 0.15) is 31.0 Å². The molecule has 1 atom stereocenters. The maximum absolute atomic E-state index is 12.7. The predicted octanol–water partition coefficient (Wildman–Crippen LogP) is 4.22. The lowest BCUT2D eigenvalue weighted by Crippen LogP contribution is -2.39. The van der Waals surface area contributed by atoms with Gasteiger partial charge in [-0.3, -0.25) is 4.79 Å². The molecule has 0 saturated heterocycles. The van der Waals surface area contributed by atoms with E-state index in [4.69, 9.17) is 11.6 Å². The van der Waals surface area contributed by atoms with E-state index in [1.807, 2.05) is 47.4 Å². The van der Waals surface area contributed by atoms with E-state index in [1.54, 1.807) is 0 Å². The lowest BCUT2D eigenvalue weighted by atomic mass is 9.96. The first-order chi connectivity index (χ1) is 11.6. The number of nitrogens with one attached hydrogen (secondary N) is 1. The van der Waals surface area contributed by atoms with E-state index in [9.17, 15) is 4.79 Å². The minimum atomic E-state index is 0.125. The molecule has 0 aromatic heterocycles. The van der Waals surface area contributed by atoms with Gasteiger partial charge in [0.15, 0.2) is 0 Å². The molecule has 0 radical (unpaired) electrons. The van der Waals surface area contributed by atoms with Crippen LogP contribution in [0, 0.1) is 5.92 Å². The molecule has 1 aliphatic heterocycles. The highest BCUT2D eigenvalue weighted by atomic mass is 35.5. The van der Waals surface area contributed by atoms with Gasteiger partial charge < -0.3 is 10.2 Å². The van der Waals surface area contributed by atoms with Crippen LogP contribution in [0.4, 0.5) is 5.69 Å². The number of nitrogens with zero attached hydrogens (tertiary/aromatic N) is 1. The summed E-state index contributed by atoms with van der Waals surface area (Å²) in [6.45, 7) is 5.41. The largest absolute Gasteiger partial charge is 0.311 e. The quantitative estimate of drug-likeness (QED) is 0.882. The highest BCUT2D eigenvalue weighted by Crippen LogP contribution is 2.28. The average molecular weight is 343 g/mol. The summed E-state index contributed by atoms with van der Waals surface area (Å²) in [6.07, 6.45) is 0.937. The third kappa shape index (κ3) is 3.63. The standard InChI is InChI=1S/C20H23ClN2O/c1-14(2)20(16-7-9-17(21)10-8-16)22-13-19(24)23-12-11-15-5-3-4-6-18(15)23/h3-10,14,20,22H,11-13H2,1-2H3. The number of carbonyl (C=O) groups is 1. The van der Waals surface area contributed by atoms with E-state index in [1.165, 1.54) is 5.56 Å². The molecule has 126 valence electrons. The Kier molecular flexibility index (Phi) is 5.22. The van der Waals surface area contributed by atoms with Gasteiger partial charge in [-0.25, -0.2) is 0 Å². The zero-order valence-electron chi connectivity index (χ0n) is 14.1. The van der Waals surface area contributed by atoms with Gasteiger partial charge in [0.1, 0.15) is 0 Å². The summed E-state index contributed by atoms with van der Waals surface area (Å²) in [5, 5.41) is 4.16. The number of hydrogen-bond donors (Lipinski definition) is 1. The summed E-state index contributed by atoms with van der Waals surface area (Å²) in [5.41, 5.74) is 3.46. The molecule has 2 aromatic carbocycles. The fourth-order valence-corrected chi connectivity index (χ4v) is 3.42. The van der Waals surface area contributed by atoms with E-state index in [2.05, 4.69) is 25.2 Å². The van der Waals surface area contributed by atoms with E-state index in [-0.39, 0.29) is 11.9 Å². The van der Waals surface area contributed by atoms with Crippen molar-refractivity contribution >= 4 is 23.2 Å². The van der Waals surface area contributed by atoms with Crippen molar-refractivity contribution in [3.05, 3.63) is 64.7 Å². The summed E-state index contributed by atoms with van der Waals surface area (Å²) < 4.78 is 0. The number of amides is 1. The van der Waals surface area contributed by atoms with E-state index in [0.717, 1.165) is 29.2 Å². The van der Waals surface area contributed by atoms with Crippen molar-refractivity contribution in [2.24, 2.45) is 5.92 Å². The number of para-hydroxylation sites is 1.